The van der Waals surface area contributed by atoms with Crippen LogP contribution in [0.15, 0.2) is 48.5 Å². The van der Waals surface area contributed by atoms with E-state index in [9.17, 15) is 19.5 Å². The van der Waals surface area contributed by atoms with Gasteiger partial charge in [-0.2, -0.15) is 0 Å². The number of nitrogens with zero attached hydrogens (tertiary/aromatic N) is 1. The molecule has 2 amide bonds. The zero-order chi connectivity index (χ0) is 25.2. The van der Waals surface area contributed by atoms with E-state index in [4.69, 9.17) is 9.47 Å². The molecule has 0 bridgehead atoms. The number of fused-ring (bicyclic) bond motifs is 3. The van der Waals surface area contributed by atoms with Crippen LogP contribution >= 0.6 is 0 Å². The molecular formula is C27H32N2O6. The summed E-state index contributed by atoms with van der Waals surface area (Å²) in [6.07, 6.45) is -0.327. The molecule has 0 radical (unpaired) electrons. The molecule has 0 spiro atoms. The van der Waals surface area contributed by atoms with Gasteiger partial charge in [-0.25, -0.2) is 14.4 Å². The second kappa shape index (κ2) is 9.98. The molecule has 2 aromatic rings. The van der Waals surface area contributed by atoms with E-state index in [1.54, 1.807) is 20.8 Å². The van der Waals surface area contributed by atoms with Gasteiger partial charge in [-0.3, -0.25) is 4.90 Å². The molecule has 0 saturated carbocycles. The van der Waals surface area contributed by atoms with Crippen LogP contribution in [0.2, 0.25) is 0 Å². The average Bonchev–Trinajstić information content (AvgIpc) is 3.13. The molecule has 35 heavy (non-hydrogen) atoms. The normalized spacial score (nSPS) is 19.5. The SMILES string of the molecule is CC(C)(C)OC(=O)NCC1CCC(C(=O)O)N(C(=O)OCC2c3ccccc3-c3ccccc32)C1. The monoisotopic (exact) mass is 480 g/mol. The van der Waals surface area contributed by atoms with E-state index >= 15 is 0 Å². The summed E-state index contributed by atoms with van der Waals surface area (Å²) in [6, 6.07) is 15.1. The first kappa shape index (κ1) is 24.6. The Bertz CT molecular complexity index is 1060. The first-order valence-electron chi connectivity index (χ1n) is 12.0. The molecule has 2 N–H and O–H groups in total. The van der Waals surface area contributed by atoms with Crippen molar-refractivity contribution in [2.75, 3.05) is 19.7 Å². The minimum atomic E-state index is -1.06. The number of carbonyl (C=O) groups excluding carboxylic acids is 2. The minimum Gasteiger partial charge on any atom is -0.480 e. The highest BCUT2D eigenvalue weighted by atomic mass is 16.6. The Morgan fingerprint density at radius 1 is 1.00 bits per heavy atom. The van der Waals surface area contributed by atoms with Crippen LogP contribution in [0.25, 0.3) is 11.1 Å². The zero-order valence-electron chi connectivity index (χ0n) is 20.3. The fourth-order valence-electron chi connectivity index (χ4n) is 4.89. The van der Waals surface area contributed by atoms with Crippen LogP contribution in [-0.2, 0) is 14.3 Å². The summed E-state index contributed by atoms with van der Waals surface area (Å²) in [5.41, 5.74) is 3.82. The molecule has 1 aliphatic heterocycles. The van der Waals surface area contributed by atoms with Crippen LogP contribution in [0.1, 0.15) is 50.7 Å². The Morgan fingerprint density at radius 2 is 1.60 bits per heavy atom. The summed E-state index contributed by atoms with van der Waals surface area (Å²) in [5.74, 6) is -1.26. The van der Waals surface area contributed by atoms with Crippen molar-refractivity contribution in [1.82, 2.24) is 10.2 Å². The number of carbonyl (C=O) groups is 3. The fourth-order valence-corrected chi connectivity index (χ4v) is 4.89. The molecule has 2 aliphatic rings. The Balaban J connectivity index is 1.41. The Kier molecular flexibility index (Phi) is 7.00. The maximum Gasteiger partial charge on any atom is 0.410 e. The second-order valence-corrected chi connectivity index (χ2v) is 10.1. The maximum absolute atomic E-state index is 13.1. The lowest BCUT2D eigenvalue weighted by molar-refractivity contribution is -0.144. The lowest BCUT2D eigenvalue weighted by atomic mass is 9.93. The maximum atomic E-state index is 13.1. The Labute approximate surface area is 205 Å². The minimum absolute atomic E-state index is 0.0985. The van der Waals surface area contributed by atoms with Crippen molar-refractivity contribution in [3.8, 4) is 11.1 Å². The molecule has 1 saturated heterocycles. The summed E-state index contributed by atoms with van der Waals surface area (Å²) in [4.78, 5) is 38.2. The van der Waals surface area contributed by atoms with Crippen LogP contribution in [0.3, 0.4) is 0 Å². The van der Waals surface area contributed by atoms with Crippen molar-refractivity contribution < 1.29 is 29.0 Å². The third-order valence-electron chi connectivity index (χ3n) is 6.47. The first-order chi connectivity index (χ1) is 16.6. The number of carboxylic acids is 1. The van der Waals surface area contributed by atoms with Gasteiger partial charge in [-0.1, -0.05) is 48.5 Å². The van der Waals surface area contributed by atoms with Crippen molar-refractivity contribution in [1.29, 1.82) is 0 Å². The van der Waals surface area contributed by atoms with Crippen molar-refractivity contribution in [2.45, 2.75) is 51.2 Å². The summed E-state index contributed by atoms with van der Waals surface area (Å²) >= 11 is 0. The molecule has 4 rings (SSSR count). The number of piperidine rings is 1. The average molecular weight is 481 g/mol. The molecule has 8 heteroatoms. The number of hydrogen-bond acceptors (Lipinski definition) is 5. The summed E-state index contributed by atoms with van der Waals surface area (Å²) in [7, 11) is 0. The van der Waals surface area contributed by atoms with Crippen LogP contribution in [0.4, 0.5) is 9.59 Å². The number of aliphatic carboxylic acids is 1. The van der Waals surface area contributed by atoms with Crippen LogP contribution in [0, 0.1) is 5.92 Å². The van der Waals surface area contributed by atoms with Gasteiger partial charge in [-0.15, -0.1) is 0 Å². The number of alkyl carbamates (subject to hydrolysis) is 1. The van der Waals surface area contributed by atoms with Gasteiger partial charge in [0.25, 0.3) is 0 Å². The largest absolute Gasteiger partial charge is 0.480 e. The van der Waals surface area contributed by atoms with Gasteiger partial charge < -0.3 is 19.9 Å². The van der Waals surface area contributed by atoms with E-state index in [-0.39, 0.29) is 31.5 Å². The van der Waals surface area contributed by atoms with Crippen LogP contribution in [-0.4, -0.2) is 59.5 Å². The molecule has 186 valence electrons. The smallest absolute Gasteiger partial charge is 0.410 e. The molecule has 1 aliphatic carbocycles. The standard InChI is InChI=1S/C27H32N2O6/c1-27(2,3)35-25(32)28-14-17-12-13-23(24(30)31)29(15-17)26(33)34-16-22-20-10-6-4-8-18(20)19-9-5-7-11-21(19)22/h4-11,17,22-23H,12-16H2,1-3H3,(H,28,32)(H,30,31). The third kappa shape index (κ3) is 5.58. The number of nitrogens with one attached hydrogen (secondary N) is 1. The summed E-state index contributed by atoms with van der Waals surface area (Å²) in [6.45, 7) is 5.94. The van der Waals surface area contributed by atoms with Gasteiger partial charge in [0.1, 0.15) is 18.2 Å². The predicted octanol–water partition coefficient (Wildman–Crippen LogP) is 4.63. The number of benzene rings is 2. The first-order valence-corrected chi connectivity index (χ1v) is 12.0. The molecule has 8 nitrogen and oxygen atoms in total. The fraction of sp³-hybridized carbons (Fsp3) is 0.444. The lowest BCUT2D eigenvalue weighted by Crippen LogP contribution is -2.52. The predicted molar refractivity (Wildman–Crippen MR) is 130 cm³/mol. The number of amides is 2. The van der Waals surface area contributed by atoms with Crippen molar-refractivity contribution in [3.63, 3.8) is 0 Å². The Hall–Kier alpha value is -3.55. The molecular weight excluding hydrogens is 448 g/mol. The van der Waals surface area contributed by atoms with Crippen LogP contribution < -0.4 is 5.32 Å². The molecule has 2 unspecified atom stereocenters. The van der Waals surface area contributed by atoms with Gasteiger partial charge in [-0.05, 0) is 61.8 Å². The quantitative estimate of drug-likeness (QED) is 0.647. The molecule has 2 aromatic carbocycles. The van der Waals surface area contributed by atoms with Gasteiger partial charge in [0.2, 0.25) is 0 Å². The highest BCUT2D eigenvalue weighted by Gasteiger charge is 2.38. The molecule has 2 atom stereocenters. The third-order valence-corrected chi connectivity index (χ3v) is 6.47. The number of likely N-dealkylation sites (tertiary alicyclic amines) is 1. The van der Waals surface area contributed by atoms with Crippen molar-refractivity contribution in [3.05, 3.63) is 59.7 Å². The van der Waals surface area contributed by atoms with E-state index in [1.807, 2.05) is 36.4 Å². The molecule has 0 aromatic heterocycles. The van der Waals surface area contributed by atoms with Crippen molar-refractivity contribution in [2.24, 2.45) is 5.92 Å². The van der Waals surface area contributed by atoms with Gasteiger partial charge in [0.05, 0.1) is 0 Å². The number of hydrogen-bond donors (Lipinski definition) is 2. The van der Waals surface area contributed by atoms with Crippen molar-refractivity contribution >= 4 is 18.2 Å². The van der Waals surface area contributed by atoms with Crippen LogP contribution in [0.5, 0.6) is 0 Å². The van der Waals surface area contributed by atoms with Gasteiger partial charge in [0, 0.05) is 19.0 Å². The second-order valence-electron chi connectivity index (χ2n) is 10.1. The number of rotatable bonds is 5. The topological polar surface area (TPSA) is 105 Å². The van der Waals surface area contributed by atoms with E-state index in [1.165, 1.54) is 4.90 Å². The Morgan fingerprint density at radius 3 is 2.17 bits per heavy atom. The van der Waals surface area contributed by atoms with E-state index < -0.39 is 29.8 Å². The highest BCUT2D eigenvalue weighted by molar-refractivity contribution is 5.81. The van der Waals surface area contributed by atoms with E-state index in [0.717, 1.165) is 22.3 Å². The number of carboxylic acid groups (broad SMARTS) is 1. The highest BCUT2D eigenvalue weighted by Crippen LogP contribution is 2.44. The number of ether oxygens (including phenoxy) is 2. The van der Waals surface area contributed by atoms with Gasteiger partial charge >= 0.3 is 18.2 Å². The van der Waals surface area contributed by atoms with Gasteiger partial charge in [0.15, 0.2) is 0 Å². The summed E-state index contributed by atoms with van der Waals surface area (Å²) < 4.78 is 11.0. The van der Waals surface area contributed by atoms with E-state index in [0.29, 0.717) is 12.8 Å². The lowest BCUT2D eigenvalue weighted by Gasteiger charge is -2.37. The van der Waals surface area contributed by atoms with E-state index in [2.05, 4.69) is 17.4 Å². The summed E-state index contributed by atoms with van der Waals surface area (Å²) in [5, 5.41) is 12.4. The molecule has 1 fully saturated rings. The zero-order valence-corrected chi connectivity index (χ0v) is 20.3. The molecule has 1 heterocycles.